The predicted molar refractivity (Wildman–Crippen MR) is 98.6 cm³/mol. The molecule has 0 aliphatic heterocycles. The fourth-order valence-electron chi connectivity index (χ4n) is 7.71. The molecular weight excluding hydrogens is 348 g/mol. The summed E-state index contributed by atoms with van der Waals surface area (Å²) in [5.41, 5.74) is 0.320. The lowest BCUT2D eigenvalue weighted by Crippen LogP contribution is -2.49. The minimum Gasteiger partial charge on any atom is -0.298 e. The second-order valence-corrected chi connectivity index (χ2v) is 10.2. The Bertz CT molecular complexity index is 474. The molecule has 0 aromatic heterocycles. The Labute approximate surface area is 150 Å². The van der Waals surface area contributed by atoms with Gasteiger partial charge in [-0.25, -0.2) is 0 Å². The molecule has 4 aliphatic rings. The number of Topliss-reactive ketones (excluding diaryl/α,β-unsaturated/α-hetero) is 1. The van der Waals surface area contributed by atoms with Crippen LogP contribution in [0.2, 0.25) is 0 Å². The molecule has 1 nitrogen and oxygen atoms in total. The van der Waals surface area contributed by atoms with Gasteiger partial charge in [-0.15, -0.1) is 0 Å². The van der Waals surface area contributed by atoms with Crippen molar-refractivity contribution in [3.63, 3.8) is 0 Å². The zero-order valence-electron chi connectivity index (χ0n) is 14.9. The van der Waals surface area contributed by atoms with Crippen molar-refractivity contribution in [1.29, 1.82) is 0 Å². The summed E-state index contributed by atoms with van der Waals surface area (Å²) in [4.78, 5) is 12.5. The van der Waals surface area contributed by atoms with Gasteiger partial charge >= 0.3 is 0 Å². The van der Waals surface area contributed by atoms with Gasteiger partial charge in [-0.05, 0) is 92.3 Å². The van der Waals surface area contributed by atoms with Crippen molar-refractivity contribution >= 4 is 21.7 Å². The van der Waals surface area contributed by atoms with Crippen LogP contribution in [0, 0.1) is 46.8 Å². The van der Waals surface area contributed by atoms with Gasteiger partial charge in [0.2, 0.25) is 0 Å². The highest BCUT2D eigenvalue weighted by Crippen LogP contribution is 2.64. The summed E-state index contributed by atoms with van der Waals surface area (Å²) >= 11 is 3.44. The van der Waals surface area contributed by atoms with Crippen molar-refractivity contribution in [1.82, 2.24) is 0 Å². The van der Waals surface area contributed by atoms with Crippen molar-refractivity contribution in [2.45, 2.75) is 71.6 Å². The smallest absolute Gasteiger partial charge is 0.147 e. The average Bonchev–Trinajstić information content (AvgIpc) is 2.90. The molecule has 0 heterocycles. The van der Waals surface area contributed by atoms with Crippen molar-refractivity contribution in [2.24, 2.45) is 46.8 Å². The van der Waals surface area contributed by atoms with E-state index in [1.807, 2.05) is 0 Å². The van der Waals surface area contributed by atoms with Gasteiger partial charge in [-0.2, -0.15) is 0 Å². The first kappa shape index (κ1) is 16.6. The van der Waals surface area contributed by atoms with Crippen LogP contribution in [-0.4, -0.2) is 11.1 Å². The second-order valence-electron chi connectivity index (χ2n) is 9.63. The van der Waals surface area contributed by atoms with E-state index in [4.69, 9.17) is 0 Å². The molecule has 0 spiro atoms. The van der Waals surface area contributed by atoms with E-state index in [0.717, 1.165) is 35.5 Å². The summed E-state index contributed by atoms with van der Waals surface area (Å²) in [7, 11) is 0. The first-order valence-corrected chi connectivity index (χ1v) is 11.3. The summed E-state index contributed by atoms with van der Waals surface area (Å²) < 4.78 is 0. The van der Waals surface area contributed by atoms with Crippen molar-refractivity contribution in [3.05, 3.63) is 0 Å². The quantitative estimate of drug-likeness (QED) is 0.548. The van der Waals surface area contributed by atoms with Crippen LogP contribution in [0.3, 0.4) is 0 Å². The Morgan fingerprint density at radius 2 is 1.78 bits per heavy atom. The molecule has 4 saturated carbocycles. The number of alkyl halides is 1. The van der Waals surface area contributed by atoms with Crippen LogP contribution < -0.4 is 0 Å². The van der Waals surface area contributed by atoms with Crippen LogP contribution >= 0.6 is 15.9 Å². The van der Waals surface area contributed by atoms with Gasteiger partial charge in [0.25, 0.3) is 0 Å². The number of hydrogen-bond donors (Lipinski definition) is 0. The number of halogens is 1. The first-order valence-electron chi connectivity index (χ1n) is 10.1. The molecule has 0 N–H and O–H groups in total. The summed E-state index contributed by atoms with van der Waals surface area (Å²) in [6.45, 7) is 4.94. The van der Waals surface area contributed by atoms with Gasteiger partial charge < -0.3 is 0 Å². The van der Waals surface area contributed by atoms with Gasteiger partial charge in [0.1, 0.15) is 5.78 Å². The fourth-order valence-corrected chi connectivity index (χ4v) is 8.10. The third-order valence-corrected chi connectivity index (χ3v) is 9.29. The molecule has 23 heavy (non-hydrogen) atoms. The van der Waals surface area contributed by atoms with Crippen molar-refractivity contribution in [2.75, 3.05) is 5.33 Å². The summed E-state index contributed by atoms with van der Waals surface area (Å²) in [5.74, 6) is 6.63. The summed E-state index contributed by atoms with van der Waals surface area (Å²) in [5, 5.41) is 0.566. The second kappa shape index (κ2) is 6.15. The molecule has 0 amide bonds. The Hall–Kier alpha value is 0.150. The minimum absolute atomic E-state index is 0.320. The molecule has 4 fully saturated rings. The van der Waals surface area contributed by atoms with Crippen LogP contribution in [0.5, 0.6) is 0 Å². The maximum Gasteiger partial charge on any atom is 0.147 e. The van der Waals surface area contributed by atoms with E-state index in [2.05, 4.69) is 29.8 Å². The lowest BCUT2D eigenvalue weighted by molar-refractivity contribution is -0.127. The molecule has 130 valence electrons. The van der Waals surface area contributed by atoms with Gasteiger partial charge in [-0.1, -0.05) is 36.2 Å². The summed E-state index contributed by atoms with van der Waals surface area (Å²) in [6, 6.07) is 0. The lowest BCUT2D eigenvalue weighted by atomic mass is 9.49. The molecule has 2 heteroatoms. The molecular formula is C21H33BrO. The number of rotatable bonds is 2. The highest BCUT2D eigenvalue weighted by Gasteiger charge is 2.57. The zero-order valence-corrected chi connectivity index (χ0v) is 16.5. The molecule has 4 aliphatic carbocycles. The molecule has 0 bridgehead atoms. The van der Waals surface area contributed by atoms with Crippen LogP contribution in [0.15, 0.2) is 0 Å². The third-order valence-electron chi connectivity index (χ3n) is 8.74. The molecule has 0 aromatic rings. The number of fused-ring (bicyclic) bond motifs is 5. The SMILES string of the molecule is C[C@H]1CC[C@H]2[C@H](CC[C@@H]3[C@@H]2CC[C@]2(C)[C@@H](C(=O)CBr)CC[C@@H]32)C1. The molecule has 0 aromatic carbocycles. The van der Waals surface area contributed by atoms with Gasteiger partial charge in [0.15, 0.2) is 0 Å². The van der Waals surface area contributed by atoms with E-state index >= 15 is 0 Å². The van der Waals surface area contributed by atoms with E-state index in [9.17, 15) is 4.79 Å². The number of carbonyl (C=O) groups excluding carboxylic acids is 1. The Kier molecular flexibility index (Phi) is 4.44. The molecule has 0 saturated heterocycles. The predicted octanol–water partition coefficient (Wildman–Crippen LogP) is 5.86. The van der Waals surface area contributed by atoms with Crippen molar-refractivity contribution < 1.29 is 4.79 Å². The van der Waals surface area contributed by atoms with E-state index in [1.165, 1.54) is 57.8 Å². The molecule has 8 atom stereocenters. The van der Waals surface area contributed by atoms with Crippen LogP contribution in [0.4, 0.5) is 0 Å². The summed E-state index contributed by atoms with van der Waals surface area (Å²) in [6.07, 6.45) is 12.7. The van der Waals surface area contributed by atoms with Crippen molar-refractivity contribution in [3.8, 4) is 0 Å². The lowest BCUT2D eigenvalue weighted by Gasteiger charge is -2.56. The minimum atomic E-state index is 0.320. The monoisotopic (exact) mass is 380 g/mol. The topological polar surface area (TPSA) is 17.1 Å². The average molecular weight is 381 g/mol. The number of carbonyl (C=O) groups is 1. The van der Waals surface area contributed by atoms with Crippen LogP contribution in [-0.2, 0) is 4.79 Å². The maximum absolute atomic E-state index is 12.5. The Balaban J connectivity index is 1.55. The number of hydrogen-bond acceptors (Lipinski definition) is 1. The highest BCUT2D eigenvalue weighted by molar-refractivity contribution is 9.09. The van der Waals surface area contributed by atoms with E-state index in [1.54, 1.807) is 0 Å². The van der Waals surface area contributed by atoms with Crippen LogP contribution in [0.25, 0.3) is 0 Å². The largest absolute Gasteiger partial charge is 0.298 e. The maximum atomic E-state index is 12.5. The standard InChI is InChI=1S/C21H33BrO/c1-13-3-5-15-14(11-13)4-6-17-16(15)9-10-21(2)18(17)7-8-19(21)20(23)12-22/h13-19H,3-12H2,1-2H3/t13-,14+,15-,16+,17+,18-,19+,21-/m0/s1. The molecule has 4 rings (SSSR count). The normalized spacial score (nSPS) is 52.4. The Morgan fingerprint density at radius 1 is 1.00 bits per heavy atom. The van der Waals surface area contributed by atoms with Gasteiger partial charge in [-0.3, -0.25) is 4.79 Å². The zero-order chi connectivity index (χ0) is 16.2. The first-order chi connectivity index (χ1) is 11.0. The number of ketones is 1. The molecule has 0 radical (unpaired) electrons. The Morgan fingerprint density at radius 3 is 2.57 bits per heavy atom. The fraction of sp³-hybridized carbons (Fsp3) is 0.952. The highest BCUT2D eigenvalue weighted by atomic mass is 79.9. The van der Waals surface area contributed by atoms with E-state index in [0.29, 0.717) is 22.4 Å². The van der Waals surface area contributed by atoms with Crippen LogP contribution in [0.1, 0.15) is 71.6 Å². The van der Waals surface area contributed by atoms with Gasteiger partial charge in [0, 0.05) is 5.92 Å². The van der Waals surface area contributed by atoms with E-state index in [-0.39, 0.29) is 0 Å². The molecule has 0 unspecified atom stereocenters. The third kappa shape index (κ3) is 2.57. The van der Waals surface area contributed by atoms with Gasteiger partial charge in [0.05, 0.1) is 5.33 Å². The van der Waals surface area contributed by atoms with E-state index < -0.39 is 0 Å².